The lowest BCUT2D eigenvalue weighted by molar-refractivity contribution is -0.313. The fourth-order valence-electron chi connectivity index (χ4n) is 3.57. The van der Waals surface area contributed by atoms with Gasteiger partial charge < -0.3 is 20.0 Å². The molecule has 4 atom stereocenters. The number of fused-ring (bicyclic) bond motifs is 2. The van der Waals surface area contributed by atoms with Crippen molar-refractivity contribution < 1.29 is 19.4 Å². The van der Waals surface area contributed by atoms with Crippen LogP contribution in [0, 0.1) is 23.7 Å². The molecule has 2 bridgehead atoms. The zero-order valence-electron chi connectivity index (χ0n) is 12.3. The van der Waals surface area contributed by atoms with Gasteiger partial charge in [-0.15, -0.1) is 0 Å². The summed E-state index contributed by atoms with van der Waals surface area (Å²) in [4.78, 5) is 24.0. The second kappa shape index (κ2) is 5.83. The molecule has 5 heteroatoms. The van der Waals surface area contributed by atoms with Crippen LogP contribution >= 0.6 is 0 Å². The lowest BCUT2D eigenvalue weighted by atomic mass is 9.82. The van der Waals surface area contributed by atoms with Crippen molar-refractivity contribution in [2.45, 2.75) is 13.3 Å². The van der Waals surface area contributed by atoms with Gasteiger partial charge in [-0.2, -0.15) is 0 Å². The molecule has 1 N–H and O–H groups in total. The van der Waals surface area contributed by atoms with Gasteiger partial charge >= 0.3 is 0 Å². The number of aliphatic carboxylic acids is 1. The smallest absolute Gasteiger partial charge is 0.228 e. The van der Waals surface area contributed by atoms with Gasteiger partial charge in [-0.25, -0.2) is 0 Å². The maximum Gasteiger partial charge on any atom is 0.228 e. The quantitative estimate of drug-likeness (QED) is 0.829. The summed E-state index contributed by atoms with van der Waals surface area (Å²) >= 11 is 0. The van der Waals surface area contributed by atoms with Crippen molar-refractivity contribution in [3.05, 3.63) is 36.4 Å². The molecule has 1 amide bonds. The van der Waals surface area contributed by atoms with Crippen molar-refractivity contribution in [2.75, 3.05) is 11.9 Å². The molecule has 22 heavy (non-hydrogen) atoms. The predicted molar refractivity (Wildman–Crippen MR) is 79.0 cm³/mol. The van der Waals surface area contributed by atoms with Gasteiger partial charge in [-0.1, -0.05) is 24.3 Å². The molecule has 1 aromatic carbocycles. The zero-order valence-corrected chi connectivity index (χ0v) is 12.3. The van der Waals surface area contributed by atoms with Crippen LogP contribution in [0.4, 0.5) is 5.69 Å². The Balaban J connectivity index is 1.80. The van der Waals surface area contributed by atoms with Gasteiger partial charge in [-0.05, 0) is 37.3 Å². The summed E-state index contributed by atoms with van der Waals surface area (Å²) in [6, 6.07) is 7.15. The Morgan fingerprint density at radius 1 is 1.23 bits per heavy atom. The molecule has 0 aliphatic heterocycles. The molecule has 116 valence electrons. The SMILES string of the molecule is CCOc1ccccc1NC(=O)[C@H]1[C@@H](C(=O)[O-])[C@H]2C=C[C@H]1C2. The van der Waals surface area contributed by atoms with E-state index in [4.69, 9.17) is 4.74 Å². The van der Waals surface area contributed by atoms with Crippen molar-refractivity contribution in [1.29, 1.82) is 0 Å². The van der Waals surface area contributed by atoms with Crippen LogP contribution in [0.25, 0.3) is 0 Å². The van der Waals surface area contributed by atoms with Crippen LogP contribution < -0.4 is 15.2 Å². The van der Waals surface area contributed by atoms with E-state index in [0.29, 0.717) is 24.5 Å². The van der Waals surface area contributed by atoms with E-state index in [0.717, 1.165) is 0 Å². The number of nitrogens with one attached hydrogen (secondary N) is 1. The molecule has 0 unspecified atom stereocenters. The third-order valence-corrected chi connectivity index (χ3v) is 4.48. The van der Waals surface area contributed by atoms with Gasteiger partial charge in [0.15, 0.2) is 0 Å². The highest BCUT2D eigenvalue weighted by atomic mass is 16.5. The molecule has 0 radical (unpaired) electrons. The lowest BCUT2D eigenvalue weighted by Crippen LogP contribution is -2.42. The van der Waals surface area contributed by atoms with E-state index in [-0.39, 0.29) is 17.7 Å². The van der Waals surface area contributed by atoms with Crippen LogP contribution in [0.2, 0.25) is 0 Å². The standard InChI is InChI=1S/C17H19NO4/c1-2-22-13-6-4-3-5-12(13)18-16(19)14-10-7-8-11(9-10)15(14)17(20)21/h3-8,10-11,14-15H,2,9H2,1H3,(H,18,19)(H,20,21)/p-1/t10-,11-,14+,15-/m0/s1. The second-order valence-corrected chi connectivity index (χ2v) is 5.74. The van der Waals surface area contributed by atoms with Crippen LogP contribution in [0.1, 0.15) is 13.3 Å². The molecule has 1 aromatic rings. The molecule has 2 aliphatic rings. The molecule has 0 heterocycles. The molecule has 0 aromatic heterocycles. The fourth-order valence-corrected chi connectivity index (χ4v) is 3.57. The van der Waals surface area contributed by atoms with E-state index < -0.39 is 17.8 Å². The molecule has 5 nitrogen and oxygen atoms in total. The van der Waals surface area contributed by atoms with Gasteiger partial charge in [0, 0.05) is 11.9 Å². The Morgan fingerprint density at radius 2 is 1.91 bits per heavy atom. The predicted octanol–water partition coefficient (Wildman–Crippen LogP) is 1.21. The first-order valence-corrected chi connectivity index (χ1v) is 7.53. The minimum absolute atomic E-state index is 0.0212. The summed E-state index contributed by atoms with van der Waals surface area (Å²) < 4.78 is 5.48. The molecule has 0 saturated heterocycles. The fraction of sp³-hybridized carbons (Fsp3) is 0.412. The van der Waals surface area contributed by atoms with E-state index in [1.54, 1.807) is 18.2 Å². The third kappa shape index (κ3) is 2.47. The first-order chi connectivity index (χ1) is 10.6. The molecule has 1 fully saturated rings. The number of para-hydroxylation sites is 2. The highest BCUT2D eigenvalue weighted by molar-refractivity contribution is 5.97. The number of carbonyl (C=O) groups is 2. The monoisotopic (exact) mass is 300 g/mol. The molecular formula is C17H18NO4-. The number of amides is 1. The largest absolute Gasteiger partial charge is 0.550 e. The maximum atomic E-state index is 12.6. The second-order valence-electron chi connectivity index (χ2n) is 5.74. The number of carbonyl (C=O) groups excluding carboxylic acids is 2. The number of carboxylic acids is 1. The number of ether oxygens (including phenoxy) is 1. The number of anilines is 1. The number of allylic oxidation sites excluding steroid dienone is 2. The molecule has 1 saturated carbocycles. The molecule has 2 aliphatic carbocycles. The lowest BCUT2D eigenvalue weighted by Gasteiger charge is -2.28. The Morgan fingerprint density at radius 3 is 2.59 bits per heavy atom. The molecule has 0 spiro atoms. The Bertz CT molecular complexity index is 625. The van der Waals surface area contributed by atoms with E-state index in [9.17, 15) is 14.7 Å². The Hall–Kier alpha value is -2.30. The van der Waals surface area contributed by atoms with Gasteiger partial charge in [0.2, 0.25) is 5.91 Å². The van der Waals surface area contributed by atoms with Crippen molar-refractivity contribution in [3.63, 3.8) is 0 Å². The highest BCUT2D eigenvalue weighted by Crippen LogP contribution is 2.48. The normalized spacial score (nSPS) is 28.6. The van der Waals surface area contributed by atoms with Crippen molar-refractivity contribution in [2.24, 2.45) is 23.7 Å². The number of hydrogen-bond acceptors (Lipinski definition) is 4. The minimum Gasteiger partial charge on any atom is -0.550 e. The van der Waals surface area contributed by atoms with Crippen molar-refractivity contribution in [3.8, 4) is 5.75 Å². The summed E-state index contributed by atoms with van der Waals surface area (Å²) in [5.74, 6) is -2.26. The van der Waals surface area contributed by atoms with E-state index >= 15 is 0 Å². The van der Waals surface area contributed by atoms with Crippen LogP contribution in [0.3, 0.4) is 0 Å². The average Bonchev–Trinajstić information content (AvgIpc) is 3.10. The van der Waals surface area contributed by atoms with Gasteiger partial charge in [0.25, 0.3) is 0 Å². The summed E-state index contributed by atoms with van der Waals surface area (Å²) in [6.07, 6.45) is 4.55. The summed E-state index contributed by atoms with van der Waals surface area (Å²) in [5, 5.41) is 14.2. The summed E-state index contributed by atoms with van der Waals surface area (Å²) in [7, 11) is 0. The number of hydrogen-bond donors (Lipinski definition) is 1. The highest BCUT2D eigenvalue weighted by Gasteiger charge is 2.48. The van der Waals surface area contributed by atoms with Gasteiger partial charge in [-0.3, -0.25) is 4.79 Å². The first-order valence-electron chi connectivity index (χ1n) is 7.53. The number of benzene rings is 1. The Kier molecular flexibility index (Phi) is 3.88. The van der Waals surface area contributed by atoms with Crippen LogP contribution in [-0.2, 0) is 9.59 Å². The van der Waals surface area contributed by atoms with E-state index in [2.05, 4.69) is 5.32 Å². The summed E-state index contributed by atoms with van der Waals surface area (Å²) in [5.41, 5.74) is 0.568. The molecular weight excluding hydrogens is 282 g/mol. The van der Waals surface area contributed by atoms with E-state index in [1.807, 2.05) is 25.1 Å². The Labute approximate surface area is 129 Å². The molecule has 3 rings (SSSR count). The third-order valence-electron chi connectivity index (χ3n) is 4.48. The van der Waals surface area contributed by atoms with Crippen LogP contribution in [0.5, 0.6) is 5.75 Å². The average molecular weight is 300 g/mol. The summed E-state index contributed by atoms with van der Waals surface area (Å²) in [6.45, 7) is 2.36. The minimum atomic E-state index is -1.14. The van der Waals surface area contributed by atoms with E-state index in [1.165, 1.54) is 0 Å². The van der Waals surface area contributed by atoms with Gasteiger partial charge in [0.1, 0.15) is 5.75 Å². The van der Waals surface area contributed by atoms with Gasteiger partial charge in [0.05, 0.1) is 18.2 Å². The van der Waals surface area contributed by atoms with Crippen LogP contribution in [-0.4, -0.2) is 18.5 Å². The first kappa shape index (κ1) is 14.6. The zero-order chi connectivity index (χ0) is 15.7. The topological polar surface area (TPSA) is 78.5 Å². The van der Waals surface area contributed by atoms with Crippen molar-refractivity contribution in [1.82, 2.24) is 0 Å². The van der Waals surface area contributed by atoms with Crippen LogP contribution in [0.15, 0.2) is 36.4 Å². The number of carboxylic acid groups (broad SMARTS) is 1. The maximum absolute atomic E-state index is 12.6. The number of rotatable bonds is 5. The van der Waals surface area contributed by atoms with Crippen molar-refractivity contribution >= 4 is 17.6 Å².